The number of fused-ring (bicyclic) bond motifs is 1. The smallest absolute Gasteiger partial charge is 0.261 e. The molecule has 164 valence electrons. The summed E-state index contributed by atoms with van der Waals surface area (Å²) in [6.45, 7) is 0.443. The number of pyridine rings is 2. The number of benzene rings is 1. The fourth-order valence-corrected chi connectivity index (χ4v) is 4.33. The standard InChI is InChI=1S/C24H20N6O2S/c1-32-16-2-3-18-19(11-16)30-23(29-18)17-10-15(13-27-22(17)25)20-4-5-21(33-20)24(31)28-12-14-6-8-26-9-7-14/h2-11,13H,12H2,1H3,(H2,25,27)(H,28,31)(H,29,30). The molecule has 0 spiro atoms. The van der Waals surface area contributed by atoms with Crippen LogP contribution < -0.4 is 15.8 Å². The van der Waals surface area contributed by atoms with E-state index in [4.69, 9.17) is 10.5 Å². The molecule has 0 unspecified atom stereocenters. The molecule has 0 saturated heterocycles. The molecule has 4 N–H and O–H groups in total. The first-order valence-electron chi connectivity index (χ1n) is 10.2. The average molecular weight is 457 g/mol. The quantitative estimate of drug-likeness (QED) is 0.351. The van der Waals surface area contributed by atoms with Gasteiger partial charge in [0.25, 0.3) is 5.91 Å². The molecule has 5 rings (SSSR count). The Labute approximate surface area is 193 Å². The Kier molecular flexibility index (Phi) is 5.45. The molecule has 0 aliphatic heterocycles. The number of nitrogens with one attached hydrogen (secondary N) is 2. The highest BCUT2D eigenvalue weighted by molar-refractivity contribution is 7.17. The van der Waals surface area contributed by atoms with Crippen molar-refractivity contribution in [3.63, 3.8) is 0 Å². The van der Waals surface area contributed by atoms with E-state index in [1.807, 2.05) is 48.5 Å². The second kappa shape index (κ2) is 8.71. The van der Waals surface area contributed by atoms with Crippen molar-refractivity contribution in [3.8, 4) is 27.6 Å². The van der Waals surface area contributed by atoms with Crippen LogP contribution >= 0.6 is 11.3 Å². The zero-order valence-corrected chi connectivity index (χ0v) is 18.5. The average Bonchev–Trinajstić information content (AvgIpc) is 3.50. The summed E-state index contributed by atoms with van der Waals surface area (Å²) in [6, 6.07) is 15.0. The van der Waals surface area contributed by atoms with Gasteiger partial charge < -0.3 is 20.8 Å². The summed E-state index contributed by atoms with van der Waals surface area (Å²) in [5, 5.41) is 2.93. The van der Waals surface area contributed by atoms with Crippen LogP contribution in [-0.2, 0) is 6.54 Å². The highest BCUT2D eigenvalue weighted by Gasteiger charge is 2.15. The van der Waals surface area contributed by atoms with Crippen molar-refractivity contribution in [2.75, 3.05) is 12.8 Å². The monoisotopic (exact) mass is 456 g/mol. The second-order valence-electron chi connectivity index (χ2n) is 7.33. The molecule has 0 bridgehead atoms. The molecule has 0 aliphatic rings. The Morgan fingerprint density at radius 2 is 2.00 bits per heavy atom. The number of aromatic amines is 1. The zero-order chi connectivity index (χ0) is 22.8. The molecular formula is C24H20N6O2S. The number of hydrogen-bond donors (Lipinski definition) is 3. The normalized spacial score (nSPS) is 10.9. The maximum atomic E-state index is 12.6. The first-order valence-corrected chi connectivity index (χ1v) is 11.0. The molecule has 0 fully saturated rings. The molecule has 0 saturated carbocycles. The van der Waals surface area contributed by atoms with Crippen molar-refractivity contribution in [1.29, 1.82) is 0 Å². The number of anilines is 1. The minimum absolute atomic E-state index is 0.127. The molecule has 5 aromatic rings. The molecule has 33 heavy (non-hydrogen) atoms. The number of ether oxygens (including phenoxy) is 1. The predicted octanol–water partition coefficient (Wildman–Crippen LogP) is 4.27. The number of carbonyl (C=O) groups excluding carboxylic acids is 1. The number of H-pyrrole nitrogens is 1. The number of aromatic nitrogens is 4. The number of hydrogen-bond acceptors (Lipinski definition) is 7. The molecule has 0 atom stereocenters. The molecular weight excluding hydrogens is 436 g/mol. The van der Waals surface area contributed by atoms with Crippen molar-refractivity contribution < 1.29 is 9.53 Å². The molecule has 8 nitrogen and oxygen atoms in total. The van der Waals surface area contributed by atoms with Gasteiger partial charge >= 0.3 is 0 Å². The van der Waals surface area contributed by atoms with Crippen molar-refractivity contribution in [2.24, 2.45) is 0 Å². The topological polar surface area (TPSA) is 119 Å². The van der Waals surface area contributed by atoms with E-state index in [1.165, 1.54) is 11.3 Å². The van der Waals surface area contributed by atoms with Crippen LogP contribution in [-0.4, -0.2) is 33.0 Å². The van der Waals surface area contributed by atoms with Crippen molar-refractivity contribution in [1.82, 2.24) is 25.3 Å². The maximum Gasteiger partial charge on any atom is 0.261 e. The summed E-state index contributed by atoms with van der Waals surface area (Å²) in [6.07, 6.45) is 5.11. The van der Waals surface area contributed by atoms with E-state index in [9.17, 15) is 4.79 Å². The molecule has 4 heterocycles. The van der Waals surface area contributed by atoms with Gasteiger partial charge in [0.15, 0.2) is 0 Å². The van der Waals surface area contributed by atoms with Gasteiger partial charge in [-0.3, -0.25) is 9.78 Å². The predicted molar refractivity (Wildman–Crippen MR) is 129 cm³/mol. The highest BCUT2D eigenvalue weighted by atomic mass is 32.1. The van der Waals surface area contributed by atoms with Crippen LogP contribution in [0.15, 0.2) is 67.1 Å². The number of imidazole rings is 1. The number of rotatable bonds is 6. The lowest BCUT2D eigenvalue weighted by Crippen LogP contribution is -2.21. The first kappa shape index (κ1) is 20.7. The van der Waals surface area contributed by atoms with Gasteiger partial charge in [0.05, 0.1) is 28.6 Å². The number of nitrogens with two attached hydrogens (primary N) is 1. The summed E-state index contributed by atoms with van der Waals surface area (Å²) < 4.78 is 5.28. The molecule has 4 aromatic heterocycles. The van der Waals surface area contributed by atoms with Crippen molar-refractivity contribution in [2.45, 2.75) is 6.54 Å². The van der Waals surface area contributed by atoms with Crippen molar-refractivity contribution >= 4 is 34.1 Å². The molecule has 1 amide bonds. The molecule has 0 radical (unpaired) electrons. The van der Waals surface area contributed by atoms with Gasteiger partial charge in [0, 0.05) is 41.6 Å². The number of carbonyl (C=O) groups is 1. The van der Waals surface area contributed by atoms with Gasteiger partial charge in [-0.05, 0) is 48.0 Å². The SMILES string of the molecule is COc1ccc2nc(-c3cc(-c4ccc(C(=O)NCc5ccncc5)s4)cnc3N)[nH]c2c1. The van der Waals surface area contributed by atoms with Crippen LogP contribution in [0.3, 0.4) is 0 Å². The third-order valence-corrected chi connectivity index (χ3v) is 6.31. The van der Waals surface area contributed by atoms with Crippen molar-refractivity contribution in [3.05, 3.63) is 77.6 Å². The van der Waals surface area contributed by atoms with Gasteiger partial charge in [0.1, 0.15) is 17.4 Å². The number of methoxy groups -OCH3 is 1. The lowest BCUT2D eigenvalue weighted by Gasteiger charge is -2.05. The lowest BCUT2D eigenvalue weighted by molar-refractivity contribution is 0.0955. The van der Waals surface area contributed by atoms with Gasteiger partial charge in [-0.15, -0.1) is 11.3 Å². The van der Waals surface area contributed by atoms with Gasteiger partial charge in [0.2, 0.25) is 0 Å². The van der Waals surface area contributed by atoms with E-state index in [0.717, 1.165) is 32.8 Å². The fourth-order valence-electron chi connectivity index (χ4n) is 3.43. The van der Waals surface area contributed by atoms with Crippen LogP contribution in [0, 0.1) is 0 Å². The Hall–Kier alpha value is -4.24. The van der Waals surface area contributed by atoms with Gasteiger partial charge in [-0.25, -0.2) is 9.97 Å². The third kappa shape index (κ3) is 4.26. The number of nitrogens with zero attached hydrogens (tertiary/aromatic N) is 3. The Morgan fingerprint density at radius 3 is 2.82 bits per heavy atom. The van der Waals surface area contributed by atoms with Crippen LogP contribution in [0.4, 0.5) is 5.82 Å². The molecule has 9 heteroatoms. The van der Waals surface area contributed by atoms with Gasteiger partial charge in [-0.2, -0.15) is 0 Å². The van der Waals surface area contributed by atoms with E-state index in [1.54, 1.807) is 25.7 Å². The summed E-state index contributed by atoms with van der Waals surface area (Å²) in [4.78, 5) is 30.4. The van der Waals surface area contributed by atoms with Crippen LogP contribution in [0.5, 0.6) is 5.75 Å². The zero-order valence-electron chi connectivity index (χ0n) is 17.7. The maximum absolute atomic E-state index is 12.6. The largest absolute Gasteiger partial charge is 0.497 e. The minimum Gasteiger partial charge on any atom is -0.497 e. The van der Waals surface area contributed by atoms with Crippen LogP contribution in [0.1, 0.15) is 15.2 Å². The van der Waals surface area contributed by atoms with E-state index in [2.05, 4.69) is 25.3 Å². The van der Waals surface area contributed by atoms with E-state index in [-0.39, 0.29) is 5.91 Å². The summed E-state index contributed by atoms with van der Waals surface area (Å²) >= 11 is 1.40. The van der Waals surface area contributed by atoms with E-state index >= 15 is 0 Å². The van der Waals surface area contributed by atoms with Crippen LogP contribution in [0.25, 0.3) is 32.9 Å². The lowest BCUT2D eigenvalue weighted by atomic mass is 10.1. The third-order valence-electron chi connectivity index (χ3n) is 5.18. The van der Waals surface area contributed by atoms with E-state index < -0.39 is 0 Å². The summed E-state index contributed by atoms with van der Waals surface area (Å²) in [5.74, 6) is 1.61. The first-order chi connectivity index (χ1) is 16.1. The van der Waals surface area contributed by atoms with E-state index in [0.29, 0.717) is 28.6 Å². The number of nitrogen functional groups attached to an aromatic ring is 1. The highest BCUT2D eigenvalue weighted by Crippen LogP contribution is 2.33. The molecule has 1 aromatic carbocycles. The Bertz CT molecular complexity index is 1440. The number of amides is 1. The fraction of sp³-hybridized carbons (Fsp3) is 0.0833. The van der Waals surface area contributed by atoms with Crippen LogP contribution in [0.2, 0.25) is 0 Å². The minimum atomic E-state index is -0.127. The second-order valence-corrected chi connectivity index (χ2v) is 8.41. The molecule has 0 aliphatic carbocycles. The van der Waals surface area contributed by atoms with Gasteiger partial charge in [-0.1, -0.05) is 0 Å². The Morgan fingerprint density at radius 1 is 1.15 bits per heavy atom. The number of thiophene rings is 1. The summed E-state index contributed by atoms with van der Waals surface area (Å²) in [7, 11) is 1.62. The Balaban J connectivity index is 1.39. The summed E-state index contributed by atoms with van der Waals surface area (Å²) in [5.41, 5.74) is 10.4.